The fraction of sp³-hybridized carbons (Fsp3) is 1.00. The summed E-state index contributed by atoms with van der Waals surface area (Å²) in [5, 5.41) is 0. The standard InChI is InChI=1S/C7H16N2/c1-7(2,9)6(8)5-3-4-5/h5-6H,3-4,8-9H2,1-2H3. The van der Waals surface area contributed by atoms with Crippen LogP contribution in [0.3, 0.4) is 0 Å². The zero-order valence-electron chi connectivity index (χ0n) is 6.22. The third-order valence-corrected chi connectivity index (χ3v) is 1.99. The van der Waals surface area contributed by atoms with Gasteiger partial charge in [0.2, 0.25) is 0 Å². The Morgan fingerprint density at radius 1 is 1.44 bits per heavy atom. The van der Waals surface area contributed by atoms with Gasteiger partial charge in [0, 0.05) is 11.6 Å². The Kier molecular flexibility index (Phi) is 1.53. The highest BCUT2D eigenvalue weighted by Crippen LogP contribution is 2.34. The van der Waals surface area contributed by atoms with Crippen molar-refractivity contribution < 1.29 is 0 Å². The SMILES string of the molecule is CC(C)(N)C(N)C1CC1. The van der Waals surface area contributed by atoms with Crippen molar-refractivity contribution in [3.63, 3.8) is 0 Å². The second-order valence-corrected chi connectivity index (χ2v) is 3.68. The number of nitrogens with two attached hydrogens (primary N) is 2. The first-order chi connectivity index (χ1) is 4.02. The van der Waals surface area contributed by atoms with E-state index < -0.39 is 0 Å². The van der Waals surface area contributed by atoms with Gasteiger partial charge in [-0.1, -0.05) is 0 Å². The second kappa shape index (κ2) is 1.96. The molecule has 2 nitrogen and oxygen atoms in total. The summed E-state index contributed by atoms with van der Waals surface area (Å²) in [5.41, 5.74) is 11.4. The van der Waals surface area contributed by atoms with Crippen LogP contribution in [0, 0.1) is 5.92 Å². The van der Waals surface area contributed by atoms with Gasteiger partial charge in [0.15, 0.2) is 0 Å². The average Bonchev–Trinajstić information content (AvgIpc) is 2.40. The molecule has 1 aliphatic rings. The lowest BCUT2D eigenvalue weighted by molar-refractivity contribution is 0.375. The molecular formula is C7H16N2. The van der Waals surface area contributed by atoms with E-state index in [1.165, 1.54) is 12.8 Å². The summed E-state index contributed by atoms with van der Waals surface area (Å²) in [5.74, 6) is 0.713. The van der Waals surface area contributed by atoms with Crippen LogP contribution in [0.25, 0.3) is 0 Å². The van der Waals surface area contributed by atoms with Crippen LogP contribution in [-0.2, 0) is 0 Å². The fourth-order valence-electron chi connectivity index (χ4n) is 1.06. The van der Waals surface area contributed by atoms with Crippen molar-refractivity contribution in [3.8, 4) is 0 Å². The first-order valence-electron chi connectivity index (χ1n) is 3.56. The number of rotatable bonds is 2. The van der Waals surface area contributed by atoms with Crippen molar-refractivity contribution in [1.82, 2.24) is 0 Å². The van der Waals surface area contributed by atoms with Crippen molar-refractivity contribution in [1.29, 1.82) is 0 Å². The van der Waals surface area contributed by atoms with Gasteiger partial charge >= 0.3 is 0 Å². The first-order valence-corrected chi connectivity index (χ1v) is 3.56. The van der Waals surface area contributed by atoms with Gasteiger partial charge in [-0.15, -0.1) is 0 Å². The molecule has 0 spiro atoms. The molecule has 1 fully saturated rings. The summed E-state index contributed by atoms with van der Waals surface area (Å²) in [6.07, 6.45) is 2.56. The van der Waals surface area contributed by atoms with Gasteiger partial charge < -0.3 is 11.5 Å². The van der Waals surface area contributed by atoms with Crippen LogP contribution in [0.4, 0.5) is 0 Å². The zero-order chi connectivity index (χ0) is 7.07. The van der Waals surface area contributed by atoms with Crippen molar-refractivity contribution in [2.75, 3.05) is 0 Å². The Balaban J connectivity index is 2.40. The quantitative estimate of drug-likeness (QED) is 0.567. The summed E-state index contributed by atoms with van der Waals surface area (Å²) < 4.78 is 0. The molecule has 0 heterocycles. The highest BCUT2D eigenvalue weighted by atomic mass is 14.8. The second-order valence-electron chi connectivity index (χ2n) is 3.68. The molecule has 1 atom stereocenters. The first kappa shape index (κ1) is 7.03. The maximum Gasteiger partial charge on any atom is 0.0253 e. The van der Waals surface area contributed by atoms with E-state index in [2.05, 4.69) is 0 Å². The van der Waals surface area contributed by atoms with E-state index in [-0.39, 0.29) is 11.6 Å². The highest BCUT2D eigenvalue weighted by Gasteiger charge is 2.35. The molecule has 1 rings (SSSR count). The van der Waals surface area contributed by atoms with Crippen LogP contribution in [0.5, 0.6) is 0 Å². The van der Waals surface area contributed by atoms with Crippen molar-refractivity contribution in [2.45, 2.75) is 38.3 Å². The Labute approximate surface area is 56.6 Å². The summed E-state index contributed by atoms with van der Waals surface area (Å²) >= 11 is 0. The molecule has 1 unspecified atom stereocenters. The van der Waals surface area contributed by atoms with E-state index in [1.807, 2.05) is 13.8 Å². The molecular weight excluding hydrogens is 112 g/mol. The molecule has 0 radical (unpaired) electrons. The van der Waals surface area contributed by atoms with Gasteiger partial charge in [0.1, 0.15) is 0 Å². The maximum absolute atomic E-state index is 5.83. The van der Waals surface area contributed by atoms with Crippen LogP contribution in [0.15, 0.2) is 0 Å². The molecule has 2 heteroatoms. The molecule has 1 saturated carbocycles. The molecule has 0 amide bonds. The lowest BCUT2D eigenvalue weighted by Gasteiger charge is -2.26. The lowest BCUT2D eigenvalue weighted by Crippen LogP contribution is -2.51. The Bertz CT molecular complexity index is 100.0. The van der Waals surface area contributed by atoms with Gasteiger partial charge in [-0.25, -0.2) is 0 Å². The molecule has 9 heavy (non-hydrogen) atoms. The third-order valence-electron chi connectivity index (χ3n) is 1.99. The van der Waals surface area contributed by atoms with E-state index in [1.54, 1.807) is 0 Å². The van der Waals surface area contributed by atoms with Crippen LogP contribution < -0.4 is 11.5 Å². The minimum atomic E-state index is -0.179. The topological polar surface area (TPSA) is 52.0 Å². The predicted octanol–water partition coefficient (Wildman–Crippen LogP) is 0.461. The molecule has 0 aromatic rings. The average molecular weight is 128 g/mol. The van der Waals surface area contributed by atoms with Crippen LogP contribution >= 0.6 is 0 Å². The van der Waals surface area contributed by atoms with E-state index >= 15 is 0 Å². The monoisotopic (exact) mass is 128 g/mol. The molecule has 0 saturated heterocycles. The molecule has 54 valence electrons. The fourth-order valence-corrected chi connectivity index (χ4v) is 1.06. The molecule has 1 aliphatic carbocycles. The molecule has 0 aromatic carbocycles. The van der Waals surface area contributed by atoms with Gasteiger partial charge in [-0.3, -0.25) is 0 Å². The number of hydrogen-bond acceptors (Lipinski definition) is 2. The zero-order valence-corrected chi connectivity index (χ0v) is 6.22. The van der Waals surface area contributed by atoms with E-state index in [0.29, 0.717) is 5.92 Å². The van der Waals surface area contributed by atoms with Gasteiger partial charge in [-0.05, 0) is 32.6 Å². The summed E-state index contributed by atoms with van der Waals surface area (Å²) in [4.78, 5) is 0. The highest BCUT2D eigenvalue weighted by molar-refractivity contribution is 4.96. The van der Waals surface area contributed by atoms with Crippen molar-refractivity contribution >= 4 is 0 Å². The van der Waals surface area contributed by atoms with Gasteiger partial charge in [0.05, 0.1) is 0 Å². The molecule has 0 aliphatic heterocycles. The van der Waals surface area contributed by atoms with E-state index in [9.17, 15) is 0 Å². The van der Waals surface area contributed by atoms with Crippen LogP contribution in [-0.4, -0.2) is 11.6 Å². The largest absolute Gasteiger partial charge is 0.326 e. The lowest BCUT2D eigenvalue weighted by atomic mass is 9.93. The van der Waals surface area contributed by atoms with E-state index in [4.69, 9.17) is 11.5 Å². The summed E-state index contributed by atoms with van der Waals surface area (Å²) in [7, 11) is 0. The summed E-state index contributed by atoms with van der Waals surface area (Å²) in [6.45, 7) is 3.99. The third kappa shape index (κ3) is 1.66. The number of hydrogen-bond donors (Lipinski definition) is 2. The van der Waals surface area contributed by atoms with Crippen molar-refractivity contribution in [3.05, 3.63) is 0 Å². The van der Waals surface area contributed by atoms with Crippen LogP contribution in [0.1, 0.15) is 26.7 Å². The minimum absolute atomic E-state index is 0.179. The minimum Gasteiger partial charge on any atom is -0.326 e. The normalized spacial score (nSPS) is 24.0. The van der Waals surface area contributed by atoms with Crippen molar-refractivity contribution in [2.24, 2.45) is 17.4 Å². The Hall–Kier alpha value is -0.0800. The maximum atomic E-state index is 5.83. The smallest absolute Gasteiger partial charge is 0.0253 e. The summed E-state index contributed by atoms with van der Waals surface area (Å²) in [6, 6.07) is 0.206. The van der Waals surface area contributed by atoms with Gasteiger partial charge in [-0.2, -0.15) is 0 Å². The molecule has 0 bridgehead atoms. The predicted molar refractivity (Wildman–Crippen MR) is 39.0 cm³/mol. The van der Waals surface area contributed by atoms with E-state index in [0.717, 1.165) is 0 Å². The Morgan fingerprint density at radius 3 is 2.00 bits per heavy atom. The Morgan fingerprint density at radius 2 is 1.89 bits per heavy atom. The molecule has 4 N–H and O–H groups in total. The van der Waals surface area contributed by atoms with Gasteiger partial charge in [0.25, 0.3) is 0 Å². The molecule has 0 aromatic heterocycles. The van der Waals surface area contributed by atoms with Crippen LogP contribution in [0.2, 0.25) is 0 Å².